The first-order valence-corrected chi connectivity index (χ1v) is 10.4. The van der Waals surface area contributed by atoms with Gasteiger partial charge in [-0.3, -0.25) is 9.69 Å². The van der Waals surface area contributed by atoms with Crippen molar-refractivity contribution >= 4 is 46.3 Å². The van der Waals surface area contributed by atoms with Crippen molar-refractivity contribution in [2.24, 2.45) is 0 Å². The quantitative estimate of drug-likeness (QED) is 0.441. The summed E-state index contributed by atoms with van der Waals surface area (Å²) in [5.74, 6) is -0.333. The first-order valence-electron chi connectivity index (χ1n) is 9.22. The van der Waals surface area contributed by atoms with Crippen LogP contribution in [0.25, 0.3) is 17.4 Å². The Balaban J connectivity index is 1.57. The summed E-state index contributed by atoms with van der Waals surface area (Å²) in [6, 6.07) is 21.3. The van der Waals surface area contributed by atoms with E-state index >= 15 is 0 Å². The topological polar surface area (TPSA) is 70.8 Å². The molecule has 1 aliphatic rings. The van der Waals surface area contributed by atoms with Crippen molar-refractivity contribution in [2.45, 2.75) is 12.5 Å². The van der Waals surface area contributed by atoms with Crippen LogP contribution in [0.4, 0.5) is 0 Å². The maximum absolute atomic E-state index is 13.0. The molecule has 1 fully saturated rings. The average molecular weight is 436 g/mol. The molecule has 0 bridgehead atoms. The van der Waals surface area contributed by atoms with Gasteiger partial charge in [0.2, 0.25) is 0 Å². The van der Waals surface area contributed by atoms with Crippen molar-refractivity contribution in [3.8, 4) is 11.3 Å². The van der Waals surface area contributed by atoms with Gasteiger partial charge in [0.05, 0.1) is 4.91 Å². The van der Waals surface area contributed by atoms with Crippen molar-refractivity contribution < 1.29 is 19.1 Å². The minimum atomic E-state index is -1.10. The highest BCUT2D eigenvalue weighted by Gasteiger charge is 2.40. The number of thiocarbonyl (C=S) groups is 1. The number of nitrogens with zero attached hydrogens (tertiary/aromatic N) is 1. The Morgan fingerprint density at radius 1 is 1.07 bits per heavy atom. The van der Waals surface area contributed by atoms with Crippen LogP contribution in [-0.4, -0.2) is 32.2 Å². The Bertz CT molecular complexity index is 1120. The van der Waals surface area contributed by atoms with E-state index in [1.165, 1.54) is 4.90 Å². The number of carbonyl (C=O) groups is 2. The number of amides is 1. The third kappa shape index (κ3) is 4.22. The van der Waals surface area contributed by atoms with Gasteiger partial charge in [-0.25, -0.2) is 4.79 Å². The van der Waals surface area contributed by atoms with Gasteiger partial charge in [0, 0.05) is 18.1 Å². The number of thioether (sulfide) groups is 1. The number of hydrogen-bond acceptors (Lipinski definition) is 5. The molecule has 7 heteroatoms. The zero-order valence-corrected chi connectivity index (χ0v) is 17.4. The van der Waals surface area contributed by atoms with Gasteiger partial charge in [0.25, 0.3) is 5.91 Å². The van der Waals surface area contributed by atoms with Gasteiger partial charge in [0.15, 0.2) is 0 Å². The minimum absolute atomic E-state index is 0.175. The second-order valence-corrected chi connectivity index (χ2v) is 8.34. The lowest BCUT2D eigenvalue weighted by atomic mass is 10.0. The predicted octanol–water partition coefficient (Wildman–Crippen LogP) is 4.84. The van der Waals surface area contributed by atoms with Gasteiger partial charge in [0.1, 0.15) is 21.9 Å². The fourth-order valence-electron chi connectivity index (χ4n) is 3.19. The number of carbonyl (C=O) groups excluding carboxylic acids is 1. The number of benzene rings is 2. The number of hydrogen-bond donors (Lipinski definition) is 1. The molecule has 5 nitrogen and oxygen atoms in total. The average Bonchev–Trinajstić information content (AvgIpc) is 3.32. The van der Waals surface area contributed by atoms with Gasteiger partial charge in [-0.1, -0.05) is 84.6 Å². The molecule has 2 aromatic carbocycles. The van der Waals surface area contributed by atoms with Gasteiger partial charge in [-0.05, 0) is 17.7 Å². The molecule has 30 heavy (non-hydrogen) atoms. The van der Waals surface area contributed by atoms with E-state index in [9.17, 15) is 14.7 Å². The molecule has 1 aromatic heterocycles. The van der Waals surface area contributed by atoms with Crippen LogP contribution in [0.1, 0.15) is 11.3 Å². The number of carboxylic acids is 1. The zero-order valence-electron chi connectivity index (χ0n) is 15.7. The van der Waals surface area contributed by atoms with E-state index in [2.05, 4.69) is 0 Å². The van der Waals surface area contributed by atoms with Crippen molar-refractivity contribution in [3.63, 3.8) is 0 Å². The maximum atomic E-state index is 13.0. The summed E-state index contributed by atoms with van der Waals surface area (Å²) in [5, 5.41) is 9.74. The first kappa shape index (κ1) is 20.1. The second-order valence-electron chi connectivity index (χ2n) is 6.66. The highest BCUT2D eigenvalue weighted by atomic mass is 32.2. The zero-order chi connectivity index (χ0) is 21.1. The van der Waals surface area contributed by atoms with E-state index in [1.807, 2.05) is 66.7 Å². The fourth-order valence-corrected chi connectivity index (χ4v) is 4.53. The number of furan rings is 1. The van der Waals surface area contributed by atoms with Crippen LogP contribution in [0.15, 0.2) is 82.1 Å². The van der Waals surface area contributed by atoms with E-state index in [4.69, 9.17) is 16.6 Å². The highest BCUT2D eigenvalue weighted by Crippen LogP contribution is 2.35. The third-order valence-corrected chi connectivity index (χ3v) is 5.98. The molecule has 3 aromatic rings. The van der Waals surface area contributed by atoms with Crippen LogP contribution in [0.2, 0.25) is 0 Å². The Morgan fingerprint density at radius 2 is 1.73 bits per heavy atom. The maximum Gasteiger partial charge on any atom is 0.327 e. The minimum Gasteiger partial charge on any atom is -0.480 e. The van der Waals surface area contributed by atoms with E-state index in [0.29, 0.717) is 16.4 Å². The predicted molar refractivity (Wildman–Crippen MR) is 121 cm³/mol. The number of carboxylic acid groups (broad SMARTS) is 1. The standard InChI is InChI=1S/C23H17NO4S2/c25-21-20(14-17-11-12-19(28-17)16-9-5-2-6-10-16)30-23(29)24(21)18(22(26)27)13-15-7-3-1-4-8-15/h1-12,14,18H,13H2,(H,26,27)/b20-14+. The summed E-state index contributed by atoms with van der Waals surface area (Å²) in [6.07, 6.45) is 1.78. The molecule has 0 aliphatic carbocycles. The van der Waals surface area contributed by atoms with Crippen molar-refractivity contribution in [2.75, 3.05) is 0 Å². The summed E-state index contributed by atoms with van der Waals surface area (Å²) in [6.45, 7) is 0. The van der Waals surface area contributed by atoms with Crippen LogP contribution in [0.3, 0.4) is 0 Å². The molecule has 1 saturated heterocycles. The van der Waals surface area contributed by atoms with E-state index in [1.54, 1.807) is 12.1 Å². The largest absolute Gasteiger partial charge is 0.480 e. The third-order valence-electron chi connectivity index (χ3n) is 4.65. The van der Waals surface area contributed by atoms with Crippen molar-refractivity contribution in [1.29, 1.82) is 0 Å². The molecular formula is C23H17NO4S2. The lowest BCUT2D eigenvalue weighted by Gasteiger charge is -2.23. The van der Waals surface area contributed by atoms with Crippen molar-refractivity contribution in [3.05, 3.63) is 89.0 Å². The normalized spacial score (nSPS) is 16.3. The van der Waals surface area contributed by atoms with Crippen molar-refractivity contribution in [1.82, 2.24) is 4.90 Å². The first-order chi connectivity index (χ1) is 14.5. The molecular weight excluding hydrogens is 418 g/mol. The van der Waals surface area contributed by atoms with Gasteiger partial charge < -0.3 is 9.52 Å². The molecule has 1 aliphatic heterocycles. The second kappa shape index (κ2) is 8.69. The summed E-state index contributed by atoms with van der Waals surface area (Å²) in [5.41, 5.74) is 1.75. The van der Waals surface area contributed by atoms with Crippen LogP contribution in [-0.2, 0) is 16.0 Å². The van der Waals surface area contributed by atoms with Gasteiger partial charge in [-0.15, -0.1) is 0 Å². The molecule has 1 unspecified atom stereocenters. The summed E-state index contributed by atoms with van der Waals surface area (Å²) >= 11 is 6.42. The van der Waals surface area contributed by atoms with E-state index < -0.39 is 17.9 Å². The molecule has 0 radical (unpaired) electrons. The summed E-state index contributed by atoms with van der Waals surface area (Å²) < 4.78 is 6.06. The van der Waals surface area contributed by atoms with Crippen LogP contribution < -0.4 is 0 Å². The molecule has 1 amide bonds. The van der Waals surface area contributed by atoms with Crippen LogP contribution >= 0.6 is 24.0 Å². The van der Waals surface area contributed by atoms with Crippen LogP contribution in [0.5, 0.6) is 0 Å². The lowest BCUT2D eigenvalue weighted by molar-refractivity contribution is -0.145. The molecule has 0 spiro atoms. The molecule has 150 valence electrons. The van der Waals surface area contributed by atoms with E-state index in [0.717, 1.165) is 22.9 Å². The number of rotatable bonds is 6. The molecule has 2 heterocycles. The van der Waals surface area contributed by atoms with Crippen LogP contribution in [0, 0.1) is 0 Å². The SMILES string of the molecule is O=C(O)C(Cc1ccccc1)N1C(=O)/C(=C\c2ccc(-c3ccccc3)o2)SC1=S. The van der Waals surface area contributed by atoms with Gasteiger partial charge in [-0.2, -0.15) is 0 Å². The fraction of sp³-hybridized carbons (Fsp3) is 0.0870. The Morgan fingerprint density at radius 3 is 2.40 bits per heavy atom. The summed E-state index contributed by atoms with van der Waals surface area (Å²) in [4.78, 5) is 26.4. The monoisotopic (exact) mass is 435 g/mol. The Hall–Kier alpha value is -3.16. The van der Waals surface area contributed by atoms with E-state index in [-0.39, 0.29) is 10.7 Å². The Kier molecular flexibility index (Phi) is 5.83. The molecule has 4 rings (SSSR count). The lowest BCUT2D eigenvalue weighted by Crippen LogP contribution is -2.45. The Labute approximate surface area is 183 Å². The molecule has 1 N–H and O–H groups in total. The highest BCUT2D eigenvalue weighted by molar-refractivity contribution is 8.26. The molecule has 1 atom stereocenters. The smallest absolute Gasteiger partial charge is 0.327 e. The molecule has 0 saturated carbocycles. The van der Waals surface area contributed by atoms with Gasteiger partial charge >= 0.3 is 5.97 Å². The number of aliphatic carboxylic acids is 1. The summed E-state index contributed by atoms with van der Waals surface area (Å²) in [7, 11) is 0.